The lowest BCUT2D eigenvalue weighted by Gasteiger charge is -2.19. The molecule has 6 nitrogen and oxygen atoms in total. The number of aryl methyl sites for hydroxylation is 1. The Morgan fingerprint density at radius 2 is 2.04 bits per heavy atom. The molecular formula is C15H16BrN3O3S. The maximum absolute atomic E-state index is 12.2. The van der Waals surface area contributed by atoms with E-state index in [9.17, 15) is 4.79 Å². The first-order chi connectivity index (χ1) is 11.2. The molecule has 1 N–H and O–H groups in total. The van der Waals surface area contributed by atoms with Crippen LogP contribution in [0.3, 0.4) is 0 Å². The highest BCUT2D eigenvalue weighted by atomic mass is 79.9. The number of aromatic nitrogens is 2. The normalized spacial score (nSPS) is 13.0. The van der Waals surface area contributed by atoms with Gasteiger partial charge in [0.1, 0.15) is 18.2 Å². The van der Waals surface area contributed by atoms with Crippen molar-refractivity contribution in [3.8, 4) is 11.5 Å². The largest absolute Gasteiger partial charge is 0.486 e. The van der Waals surface area contributed by atoms with Crippen molar-refractivity contribution in [1.82, 2.24) is 10.2 Å². The maximum Gasteiger partial charge on any atom is 0.230 e. The summed E-state index contributed by atoms with van der Waals surface area (Å²) in [6.45, 7) is 3.14. The molecule has 0 fully saturated rings. The molecule has 8 heteroatoms. The molecule has 1 aliphatic heterocycles. The molecule has 0 spiro atoms. The minimum Gasteiger partial charge on any atom is -0.486 e. The Morgan fingerprint density at radius 1 is 1.30 bits per heavy atom. The molecular weight excluding hydrogens is 382 g/mol. The molecule has 1 aromatic heterocycles. The number of carbonyl (C=O) groups is 1. The van der Waals surface area contributed by atoms with Crippen LogP contribution < -0.4 is 14.8 Å². The zero-order chi connectivity index (χ0) is 16.2. The summed E-state index contributed by atoms with van der Waals surface area (Å²) >= 11 is 4.89. The van der Waals surface area contributed by atoms with Crippen molar-refractivity contribution in [3.05, 3.63) is 27.2 Å². The zero-order valence-corrected chi connectivity index (χ0v) is 15.0. The van der Waals surface area contributed by atoms with Gasteiger partial charge in [-0.05, 0) is 24.1 Å². The van der Waals surface area contributed by atoms with Crippen LogP contribution in [0.5, 0.6) is 11.5 Å². The number of benzene rings is 1. The number of nitrogens with one attached hydrogen (secondary N) is 1. The van der Waals surface area contributed by atoms with Gasteiger partial charge in [0.2, 0.25) is 11.0 Å². The van der Waals surface area contributed by atoms with E-state index < -0.39 is 0 Å². The summed E-state index contributed by atoms with van der Waals surface area (Å²) in [5, 5.41) is 12.3. The first-order valence-electron chi connectivity index (χ1n) is 7.36. The SMILES string of the molecule is CCCc1nnc(NC(=O)Cc2cc3c(cc2Br)OCCO3)s1. The molecule has 122 valence electrons. The second kappa shape index (κ2) is 7.27. The molecule has 1 aromatic carbocycles. The monoisotopic (exact) mass is 397 g/mol. The van der Waals surface area contributed by atoms with Crippen LogP contribution in [0.4, 0.5) is 5.13 Å². The first-order valence-corrected chi connectivity index (χ1v) is 8.97. The van der Waals surface area contributed by atoms with E-state index in [1.807, 2.05) is 12.1 Å². The second-order valence-corrected chi connectivity index (χ2v) is 6.98. The van der Waals surface area contributed by atoms with Crippen molar-refractivity contribution in [1.29, 1.82) is 0 Å². The fraction of sp³-hybridized carbons (Fsp3) is 0.400. The van der Waals surface area contributed by atoms with E-state index in [1.54, 1.807) is 0 Å². The number of ether oxygens (including phenoxy) is 2. The number of hydrogen-bond donors (Lipinski definition) is 1. The number of amides is 1. The van der Waals surface area contributed by atoms with Gasteiger partial charge in [-0.25, -0.2) is 0 Å². The summed E-state index contributed by atoms with van der Waals surface area (Å²) in [6.07, 6.45) is 2.11. The molecule has 0 atom stereocenters. The van der Waals surface area contributed by atoms with Crippen LogP contribution in [-0.2, 0) is 17.6 Å². The Morgan fingerprint density at radius 3 is 2.78 bits per heavy atom. The molecule has 0 unspecified atom stereocenters. The van der Waals surface area contributed by atoms with Crippen molar-refractivity contribution in [2.75, 3.05) is 18.5 Å². The summed E-state index contributed by atoms with van der Waals surface area (Å²) in [6, 6.07) is 3.67. The van der Waals surface area contributed by atoms with Crippen LogP contribution in [0.15, 0.2) is 16.6 Å². The van der Waals surface area contributed by atoms with Crippen LogP contribution in [-0.4, -0.2) is 29.3 Å². The zero-order valence-electron chi connectivity index (χ0n) is 12.6. The van der Waals surface area contributed by atoms with E-state index in [4.69, 9.17) is 9.47 Å². The van der Waals surface area contributed by atoms with Gasteiger partial charge in [0, 0.05) is 10.9 Å². The quantitative estimate of drug-likeness (QED) is 0.838. The van der Waals surface area contributed by atoms with Gasteiger partial charge < -0.3 is 14.8 Å². The average molecular weight is 398 g/mol. The number of halogens is 1. The maximum atomic E-state index is 12.2. The van der Waals surface area contributed by atoms with Crippen LogP contribution >= 0.6 is 27.3 Å². The van der Waals surface area contributed by atoms with E-state index in [1.165, 1.54) is 11.3 Å². The number of hydrogen-bond acceptors (Lipinski definition) is 6. The molecule has 0 bridgehead atoms. The summed E-state index contributed by atoms with van der Waals surface area (Å²) in [5.74, 6) is 1.23. The van der Waals surface area contributed by atoms with E-state index >= 15 is 0 Å². The number of rotatable bonds is 5. The molecule has 0 saturated heterocycles. The molecule has 0 saturated carbocycles. The topological polar surface area (TPSA) is 73.3 Å². The molecule has 23 heavy (non-hydrogen) atoms. The van der Waals surface area contributed by atoms with Gasteiger partial charge in [-0.3, -0.25) is 4.79 Å². The second-order valence-electron chi connectivity index (χ2n) is 5.06. The lowest BCUT2D eigenvalue weighted by atomic mass is 10.1. The Kier molecular flexibility index (Phi) is 5.12. The van der Waals surface area contributed by atoms with Crippen LogP contribution in [0.1, 0.15) is 23.9 Å². The third-order valence-electron chi connectivity index (χ3n) is 3.24. The highest BCUT2D eigenvalue weighted by Crippen LogP contribution is 2.35. The Balaban J connectivity index is 1.67. The summed E-state index contributed by atoms with van der Waals surface area (Å²) in [7, 11) is 0. The molecule has 3 rings (SSSR count). The fourth-order valence-corrected chi connectivity index (χ4v) is 3.52. The Bertz CT molecular complexity index is 720. The van der Waals surface area contributed by atoms with Crippen LogP contribution in [0.2, 0.25) is 0 Å². The molecule has 1 aliphatic rings. The summed E-state index contributed by atoms with van der Waals surface area (Å²) < 4.78 is 11.9. The molecule has 0 aliphatic carbocycles. The van der Waals surface area contributed by atoms with Gasteiger partial charge in [0.05, 0.1) is 6.42 Å². The Labute approximate surface area is 146 Å². The van der Waals surface area contributed by atoms with E-state index in [0.717, 1.165) is 27.9 Å². The van der Waals surface area contributed by atoms with Gasteiger partial charge in [-0.15, -0.1) is 10.2 Å². The van der Waals surface area contributed by atoms with Crippen molar-refractivity contribution < 1.29 is 14.3 Å². The number of fused-ring (bicyclic) bond motifs is 1. The van der Waals surface area contributed by atoms with Crippen molar-refractivity contribution in [2.24, 2.45) is 0 Å². The van der Waals surface area contributed by atoms with Gasteiger partial charge in [-0.2, -0.15) is 0 Å². The highest BCUT2D eigenvalue weighted by Gasteiger charge is 2.17. The third kappa shape index (κ3) is 4.00. The first kappa shape index (κ1) is 16.2. The standard InChI is InChI=1S/C15H16BrN3O3S/c1-2-3-14-18-19-15(23-14)17-13(20)7-9-6-11-12(8-10(9)16)22-5-4-21-11/h6,8H,2-5,7H2,1H3,(H,17,19,20). The Hall–Kier alpha value is -1.67. The predicted octanol–water partition coefficient (Wildman–Crippen LogP) is 3.21. The van der Waals surface area contributed by atoms with Gasteiger partial charge >= 0.3 is 0 Å². The lowest BCUT2D eigenvalue weighted by molar-refractivity contribution is -0.115. The predicted molar refractivity (Wildman–Crippen MR) is 91.4 cm³/mol. The highest BCUT2D eigenvalue weighted by molar-refractivity contribution is 9.10. The summed E-state index contributed by atoms with van der Waals surface area (Å²) in [5.41, 5.74) is 0.838. The van der Waals surface area contributed by atoms with E-state index in [0.29, 0.717) is 29.8 Å². The van der Waals surface area contributed by atoms with Gasteiger partial charge in [0.15, 0.2) is 11.5 Å². The van der Waals surface area contributed by atoms with E-state index in [-0.39, 0.29) is 12.3 Å². The number of nitrogens with zero attached hydrogens (tertiary/aromatic N) is 2. The van der Waals surface area contributed by atoms with Crippen LogP contribution in [0.25, 0.3) is 0 Å². The van der Waals surface area contributed by atoms with E-state index in [2.05, 4.69) is 38.4 Å². The van der Waals surface area contributed by atoms with Gasteiger partial charge in [-0.1, -0.05) is 34.2 Å². The fourth-order valence-electron chi connectivity index (χ4n) is 2.20. The third-order valence-corrected chi connectivity index (χ3v) is 4.88. The number of anilines is 1. The lowest BCUT2D eigenvalue weighted by Crippen LogP contribution is -2.17. The molecule has 2 heterocycles. The smallest absolute Gasteiger partial charge is 0.230 e. The van der Waals surface area contributed by atoms with Crippen LogP contribution in [0, 0.1) is 0 Å². The molecule has 1 amide bonds. The average Bonchev–Trinajstić information content (AvgIpc) is 2.95. The van der Waals surface area contributed by atoms with Crippen molar-refractivity contribution >= 4 is 38.3 Å². The molecule has 2 aromatic rings. The van der Waals surface area contributed by atoms with Gasteiger partial charge in [0.25, 0.3) is 0 Å². The number of carbonyl (C=O) groups excluding carboxylic acids is 1. The van der Waals surface area contributed by atoms with Crippen molar-refractivity contribution in [2.45, 2.75) is 26.2 Å². The molecule has 0 radical (unpaired) electrons. The minimum absolute atomic E-state index is 0.137. The summed E-state index contributed by atoms with van der Waals surface area (Å²) in [4.78, 5) is 12.2. The van der Waals surface area contributed by atoms with Crippen molar-refractivity contribution in [3.63, 3.8) is 0 Å². The minimum atomic E-state index is -0.137.